The van der Waals surface area contributed by atoms with E-state index in [2.05, 4.69) is 0 Å². The van der Waals surface area contributed by atoms with Gasteiger partial charge >= 0.3 is 0 Å². The van der Waals surface area contributed by atoms with Crippen molar-refractivity contribution in [1.82, 2.24) is 0 Å². The molecule has 0 bridgehead atoms. The smallest absolute Gasteiger partial charge is 0.124 e. The molecule has 1 atom stereocenters. The number of nitrogens with two attached hydrogens (primary N) is 1. The summed E-state index contributed by atoms with van der Waals surface area (Å²) in [6.07, 6.45) is 0. The molecule has 3 nitrogen and oxygen atoms in total. The van der Waals surface area contributed by atoms with Gasteiger partial charge in [0.15, 0.2) is 0 Å². The molecule has 0 spiro atoms. The van der Waals surface area contributed by atoms with E-state index in [1.54, 1.807) is 20.1 Å². The Morgan fingerprint density at radius 3 is 2.73 bits per heavy atom. The Kier molecular flexibility index (Phi) is 4.52. The molecule has 0 saturated heterocycles. The Bertz CT molecular complexity index is 315. The second-order valence-electron chi connectivity index (χ2n) is 3.31. The van der Waals surface area contributed by atoms with Crippen LogP contribution in [0.1, 0.15) is 18.5 Å². The van der Waals surface area contributed by atoms with Gasteiger partial charge in [0.1, 0.15) is 18.2 Å². The van der Waals surface area contributed by atoms with Gasteiger partial charge in [-0.25, -0.2) is 4.39 Å². The second kappa shape index (κ2) is 5.68. The molecule has 0 aromatic heterocycles. The summed E-state index contributed by atoms with van der Waals surface area (Å²) in [5.74, 6) is 0.310. The first kappa shape index (κ1) is 11.9. The van der Waals surface area contributed by atoms with Crippen LogP contribution in [-0.2, 0) is 4.74 Å². The van der Waals surface area contributed by atoms with E-state index < -0.39 is 0 Å². The number of methoxy groups -OCH3 is 1. The molecule has 2 N–H and O–H groups in total. The number of halogens is 1. The fourth-order valence-electron chi connectivity index (χ4n) is 1.24. The third-order valence-corrected chi connectivity index (χ3v) is 2.01. The van der Waals surface area contributed by atoms with Gasteiger partial charge in [-0.2, -0.15) is 0 Å². The molecule has 84 valence electrons. The van der Waals surface area contributed by atoms with Crippen LogP contribution in [0.4, 0.5) is 4.39 Å². The maximum Gasteiger partial charge on any atom is 0.124 e. The lowest BCUT2D eigenvalue weighted by Gasteiger charge is -2.13. The first-order chi connectivity index (χ1) is 7.15. The quantitative estimate of drug-likeness (QED) is 0.759. The lowest BCUT2D eigenvalue weighted by molar-refractivity contribution is 0.145. The van der Waals surface area contributed by atoms with Crippen LogP contribution in [0.25, 0.3) is 0 Å². The number of hydrogen-bond donors (Lipinski definition) is 1. The van der Waals surface area contributed by atoms with Crippen molar-refractivity contribution < 1.29 is 13.9 Å². The van der Waals surface area contributed by atoms with E-state index in [-0.39, 0.29) is 11.9 Å². The molecule has 15 heavy (non-hydrogen) atoms. The predicted molar refractivity (Wildman–Crippen MR) is 56.4 cm³/mol. The average Bonchev–Trinajstić information content (AvgIpc) is 2.20. The van der Waals surface area contributed by atoms with Crippen LogP contribution in [0.5, 0.6) is 5.75 Å². The van der Waals surface area contributed by atoms with Gasteiger partial charge in [-0.3, -0.25) is 0 Å². The van der Waals surface area contributed by atoms with Gasteiger partial charge in [0.05, 0.1) is 6.61 Å². The largest absolute Gasteiger partial charge is 0.491 e. The Labute approximate surface area is 89.0 Å². The number of ether oxygens (including phenoxy) is 2. The van der Waals surface area contributed by atoms with Gasteiger partial charge < -0.3 is 15.2 Å². The molecule has 0 heterocycles. The Balaban J connectivity index is 2.77. The molecule has 1 aromatic carbocycles. The molecule has 0 amide bonds. The Morgan fingerprint density at radius 1 is 1.40 bits per heavy atom. The minimum absolute atomic E-state index is 0.252. The van der Waals surface area contributed by atoms with E-state index in [9.17, 15) is 4.39 Å². The van der Waals surface area contributed by atoms with Crippen molar-refractivity contribution in [3.05, 3.63) is 29.6 Å². The van der Waals surface area contributed by atoms with Crippen LogP contribution in [-0.4, -0.2) is 20.3 Å². The fraction of sp³-hybridized carbons (Fsp3) is 0.455. The minimum Gasteiger partial charge on any atom is -0.491 e. The first-order valence-electron chi connectivity index (χ1n) is 4.82. The SMILES string of the molecule is COCCOc1ccc(F)cc1[C@@H](C)N. The number of benzene rings is 1. The normalized spacial score (nSPS) is 12.5. The van der Waals surface area contributed by atoms with E-state index in [1.165, 1.54) is 12.1 Å². The fourth-order valence-corrected chi connectivity index (χ4v) is 1.24. The zero-order valence-electron chi connectivity index (χ0n) is 9.00. The Morgan fingerprint density at radius 2 is 2.13 bits per heavy atom. The highest BCUT2D eigenvalue weighted by molar-refractivity contribution is 5.36. The molecule has 1 rings (SSSR count). The van der Waals surface area contributed by atoms with E-state index in [1.807, 2.05) is 0 Å². The summed E-state index contributed by atoms with van der Waals surface area (Å²) in [5, 5.41) is 0. The van der Waals surface area contributed by atoms with Gasteiger partial charge in [-0.05, 0) is 25.1 Å². The van der Waals surface area contributed by atoms with Gasteiger partial charge in [0.2, 0.25) is 0 Å². The molecule has 0 aliphatic rings. The third-order valence-electron chi connectivity index (χ3n) is 2.01. The average molecular weight is 213 g/mol. The van der Waals surface area contributed by atoms with E-state index in [4.69, 9.17) is 15.2 Å². The highest BCUT2D eigenvalue weighted by Gasteiger charge is 2.09. The van der Waals surface area contributed by atoms with Gasteiger partial charge in [0, 0.05) is 18.7 Å². The van der Waals surface area contributed by atoms with Crippen molar-refractivity contribution >= 4 is 0 Å². The van der Waals surface area contributed by atoms with Crippen molar-refractivity contribution in [2.75, 3.05) is 20.3 Å². The van der Waals surface area contributed by atoms with Crippen molar-refractivity contribution in [2.45, 2.75) is 13.0 Å². The summed E-state index contributed by atoms with van der Waals surface area (Å²) in [4.78, 5) is 0. The topological polar surface area (TPSA) is 44.5 Å². The van der Waals surface area contributed by atoms with Gasteiger partial charge in [-0.15, -0.1) is 0 Å². The molecule has 0 aliphatic carbocycles. The standard InChI is InChI=1S/C11H16FNO2/c1-8(13)10-7-9(12)3-4-11(10)15-6-5-14-2/h3-4,7-8H,5-6,13H2,1-2H3/t8-/m1/s1. The minimum atomic E-state index is -0.304. The van der Waals surface area contributed by atoms with Crippen molar-refractivity contribution in [1.29, 1.82) is 0 Å². The molecule has 4 heteroatoms. The summed E-state index contributed by atoms with van der Waals surface area (Å²) in [7, 11) is 1.60. The lowest BCUT2D eigenvalue weighted by atomic mass is 10.1. The van der Waals surface area contributed by atoms with Crippen LogP contribution in [0.2, 0.25) is 0 Å². The van der Waals surface area contributed by atoms with Crippen LogP contribution >= 0.6 is 0 Å². The van der Waals surface area contributed by atoms with Crippen LogP contribution < -0.4 is 10.5 Å². The maximum absolute atomic E-state index is 13.0. The van der Waals surface area contributed by atoms with Crippen molar-refractivity contribution in [3.8, 4) is 5.75 Å². The highest BCUT2D eigenvalue weighted by Crippen LogP contribution is 2.24. The monoisotopic (exact) mass is 213 g/mol. The number of rotatable bonds is 5. The lowest BCUT2D eigenvalue weighted by Crippen LogP contribution is -2.11. The third kappa shape index (κ3) is 3.49. The van der Waals surface area contributed by atoms with E-state index >= 15 is 0 Å². The van der Waals surface area contributed by atoms with Crippen LogP contribution in [0.15, 0.2) is 18.2 Å². The summed E-state index contributed by atoms with van der Waals surface area (Å²) in [5.41, 5.74) is 6.38. The molecular weight excluding hydrogens is 197 g/mol. The zero-order chi connectivity index (χ0) is 11.3. The molecule has 0 unspecified atom stereocenters. The molecular formula is C11H16FNO2. The summed E-state index contributed by atoms with van der Waals surface area (Å²) < 4.78 is 23.2. The summed E-state index contributed by atoms with van der Waals surface area (Å²) >= 11 is 0. The highest BCUT2D eigenvalue weighted by atomic mass is 19.1. The van der Waals surface area contributed by atoms with Crippen molar-refractivity contribution in [3.63, 3.8) is 0 Å². The maximum atomic E-state index is 13.0. The first-order valence-corrected chi connectivity index (χ1v) is 4.82. The summed E-state index contributed by atoms with van der Waals surface area (Å²) in [6, 6.07) is 4.09. The van der Waals surface area contributed by atoms with Crippen LogP contribution in [0, 0.1) is 5.82 Å². The molecule has 0 fully saturated rings. The van der Waals surface area contributed by atoms with Gasteiger partial charge in [-0.1, -0.05) is 0 Å². The molecule has 0 aliphatic heterocycles. The molecule has 0 radical (unpaired) electrons. The summed E-state index contributed by atoms with van der Waals surface area (Å²) in [6.45, 7) is 2.72. The second-order valence-corrected chi connectivity index (χ2v) is 3.31. The molecule has 0 saturated carbocycles. The zero-order valence-corrected chi connectivity index (χ0v) is 9.00. The van der Waals surface area contributed by atoms with E-state index in [0.29, 0.717) is 24.5 Å². The molecule has 1 aromatic rings. The van der Waals surface area contributed by atoms with Crippen molar-refractivity contribution in [2.24, 2.45) is 5.73 Å². The Hall–Kier alpha value is -1.13. The van der Waals surface area contributed by atoms with E-state index in [0.717, 1.165) is 0 Å². The van der Waals surface area contributed by atoms with Gasteiger partial charge in [0.25, 0.3) is 0 Å². The number of hydrogen-bond acceptors (Lipinski definition) is 3. The predicted octanol–water partition coefficient (Wildman–Crippen LogP) is 1.87. The van der Waals surface area contributed by atoms with Crippen LogP contribution in [0.3, 0.4) is 0 Å².